The zero-order chi connectivity index (χ0) is 19.3. The number of sulfonamides is 1. The third-order valence-electron chi connectivity index (χ3n) is 3.79. The molecule has 0 aliphatic carbocycles. The average molecular weight is 370 g/mol. The number of hydrogen-bond acceptors (Lipinski definition) is 4. The lowest BCUT2D eigenvalue weighted by molar-refractivity contribution is -0.121. The monoisotopic (exact) mass is 369 g/mol. The number of nitrogens with one attached hydrogen (secondary N) is 2. The predicted octanol–water partition coefficient (Wildman–Crippen LogP) is 1.68. The molecule has 0 aromatic heterocycles. The summed E-state index contributed by atoms with van der Waals surface area (Å²) >= 11 is 0. The highest BCUT2D eigenvalue weighted by Crippen LogP contribution is 2.16. The molecular formula is C18H31N3O3S. The van der Waals surface area contributed by atoms with Crippen LogP contribution in [-0.4, -0.2) is 53.0 Å². The molecule has 6 nitrogen and oxygen atoms in total. The van der Waals surface area contributed by atoms with Crippen molar-refractivity contribution < 1.29 is 13.2 Å². The minimum Gasteiger partial charge on any atom is -0.355 e. The Labute approximate surface area is 152 Å². The predicted molar refractivity (Wildman–Crippen MR) is 101 cm³/mol. The van der Waals surface area contributed by atoms with Crippen molar-refractivity contribution in [2.45, 2.75) is 39.0 Å². The number of carbonyl (C=O) groups is 1. The van der Waals surface area contributed by atoms with Crippen molar-refractivity contribution in [1.29, 1.82) is 0 Å². The summed E-state index contributed by atoms with van der Waals surface area (Å²) in [6.45, 7) is 9.25. The molecule has 1 amide bonds. The van der Waals surface area contributed by atoms with E-state index >= 15 is 0 Å². The fourth-order valence-electron chi connectivity index (χ4n) is 2.71. The van der Waals surface area contributed by atoms with Gasteiger partial charge in [-0.2, -0.15) is 0 Å². The van der Waals surface area contributed by atoms with E-state index < -0.39 is 10.0 Å². The highest BCUT2D eigenvalue weighted by Gasteiger charge is 2.20. The molecule has 0 atom stereocenters. The highest BCUT2D eigenvalue weighted by atomic mass is 32.2. The summed E-state index contributed by atoms with van der Waals surface area (Å²) < 4.78 is 27.3. The number of aryl methyl sites for hydroxylation is 2. The number of nitrogens with zero attached hydrogens (tertiary/aromatic N) is 1. The van der Waals surface area contributed by atoms with Crippen molar-refractivity contribution in [3.63, 3.8) is 0 Å². The molecule has 142 valence electrons. The normalized spacial score (nSPS) is 12.4. The molecule has 7 heteroatoms. The van der Waals surface area contributed by atoms with Gasteiger partial charge in [0, 0.05) is 26.1 Å². The second kappa shape index (κ2) is 8.78. The van der Waals surface area contributed by atoms with Crippen LogP contribution in [-0.2, 0) is 14.8 Å². The van der Waals surface area contributed by atoms with Gasteiger partial charge in [-0.05, 0) is 50.6 Å². The molecule has 0 unspecified atom stereocenters. The van der Waals surface area contributed by atoms with Crippen LogP contribution in [0, 0.1) is 19.3 Å². The molecule has 1 rings (SSSR count). The first-order valence-electron chi connectivity index (χ1n) is 8.41. The van der Waals surface area contributed by atoms with Crippen molar-refractivity contribution in [2.75, 3.05) is 33.7 Å². The van der Waals surface area contributed by atoms with Gasteiger partial charge in [-0.15, -0.1) is 0 Å². The van der Waals surface area contributed by atoms with Crippen molar-refractivity contribution in [3.05, 3.63) is 29.3 Å². The maximum Gasteiger partial charge on any atom is 0.240 e. The van der Waals surface area contributed by atoms with Crippen LogP contribution in [0.5, 0.6) is 0 Å². The van der Waals surface area contributed by atoms with Gasteiger partial charge in [0.2, 0.25) is 15.9 Å². The summed E-state index contributed by atoms with van der Waals surface area (Å²) in [7, 11) is 0.378. The SMILES string of the molecule is Cc1ccc(C)c(S(=O)(=O)NCCC(=O)NCC(C)(C)CN(C)C)c1. The first-order valence-corrected chi connectivity index (χ1v) is 9.90. The van der Waals surface area contributed by atoms with E-state index in [1.807, 2.05) is 27.1 Å². The van der Waals surface area contributed by atoms with Gasteiger partial charge in [0.05, 0.1) is 4.90 Å². The number of benzene rings is 1. The average Bonchev–Trinajstić information content (AvgIpc) is 2.46. The topological polar surface area (TPSA) is 78.5 Å². The molecule has 0 fully saturated rings. The van der Waals surface area contributed by atoms with Crippen LogP contribution in [0.2, 0.25) is 0 Å². The Balaban J connectivity index is 2.51. The Morgan fingerprint density at radius 1 is 1.20 bits per heavy atom. The number of carbonyl (C=O) groups excluding carboxylic acids is 1. The van der Waals surface area contributed by atoms with E-state index in [2.05, 4.69) is 28.8 Å². The molecule has 2 N–H and O–H groups in total. The molecule has 0 saturated carbocycles. The Kier molecular flexibility index (Phi) is 7.59. The summed E-state index contributed by atoms with van der Waals surface area (Å²) in [6.07, 6.45) is 0.113. The minimum atomic E-state index is -3.61. The molecule has 0 heterocycles. The molecular weight excluding hydrogens is 338 g/mol. The largest absolute Gasteiger partial charge is 0.355 e. The first kappa shape index (κ1) is 21.6. The molecule has 0 saturated heterocycles. The summed E-state index contributed by atoms with van der Waals surface area (Å²) in [6, 6.07) is 5.29. The van der Waals surface area contributed by atoms with E-state index in [-0.39, 0.29) is 29.2 Å². The Morgan fingerprint density at radius 3 is 2.44 bits per heavy atom. The van der Waals surface area contributed by atoms with Gasteiger partial charge in [-0.3, -0.25) is 4.79 Å². The van der Waals surface area contributed by atoms with E-state index in [1.165, 1.54) is 0 Å². The van der Waals surface area contributed by atoms with Gasteiger partial charge in [0.1, 0.15) is 0 Å². The zero-order valence-electron chi connectivity index (χ0n) is 16.1. The molecule has 1 aromatic carbocycles. The molecule has 25 heavy (non-hydrogen) atoms. The van der Waals surface area contributed by atoms with E-state index in [1.54, 1.807) is 19.1 Å². The van der Waals surface area contributed by atoms with Gasteiger partial charge in [0.25, 0.3) is 0 Å². The van der Waals surface area contributed by atoms with E-state index in [4.69, 9.17) is 0 Å². The van der Waals surface area contributed by atoms with Gasteiger partial charge in [-0.1, -0.05) is 26.0 Å². The summed E-state index contributed by atoms with van der Waals surface area (Å²) in [5.74, 6) is -0.157. The number of hydrogen-bond donors (Lipinski definition) is 2. The van der Waals surface area contributed by atoms with Crippen molar-refractivity contribution in [3.8, 4) is 0 Å². The fraction of sp³-hybridized carbons (Fsp3) is 0.611. The van der Waals surface area contributed by atoms with Crippen LogP contribution < -0.4 is 10.0 Å². The van der Waals surface area contributed by atoms with E-state index in [9.17, 15) is 13.2 Å². The minimum absolute atomic E-state index is 0.0443. The van der Waals surface area contributed by atoms with Crippen LogP contribution in [0.4, 0.5) is 0 Å². The third-order valence-corrected chi connectivity index (χ3v) is 5.39. The second-order valence-corrected chi connectivity index (χ2v) is 9.33. The lowest BCUT2D eigenvalue weighted by atomic mass is 9.93. The summed E-state index contributed by atoms with van der Waals surface area (Å²) in [5.41, 5.74) is 1.52. The molecule has 0 radical (unpaired) electrons. The molecule has 0 spiro atoms. The van der Waals surface area contributed by atoms with Crippen LogP contribution in [0.15, 0.2) is 23.1 Å². The highest BCUT2D eigenvalue weighted by molar-refractivity contribution is 7.89. The molecule has 0 aliphatic heterocycles. The molecule has 0 aliphatic rings. The summed E-state index contributed by atoms with van der Waals surface area (Å²) in [4.78, 5) is 14.3. The van der Waals surface area contributed by atoms with Crippen LogP contribution in [0.1, 0.15) is 31.4 Å². The number of rotatable bonds is 9. The van der Waals surface area contributed by atoms with Crippen LogP contribution >= 0.6 is 0 Å². The smallest absolute Gasteiger partial charge is 0.240 e. The van der Waals surface area contributed by atoms with Crippen LogP contribution in [0.3, 0.4) is 0 Å². The van der Waals surface area contributed by atoms with Crippen molar-refractivity contribution in [2.24, 2.45) is 5.41 Å². The molecule has 0 bridgehead atoms. The Bertz CT molecular complexity index is 698. The van der Waals surface area contributed by atoms with Crippen molar-refractivity contribution >= 4 is 15.9 Å². The lowest BCUT2D eigenvalue weighted by Gasteiger charge is -2.28. The molecule has 1 aromatic rings. The fourth-order valence-corrected chi connectivity index (χ4v) is 4.07. The van der Waals surface area contributed by atoms with Crippen molar-refractivity contribution in [1.82, 2.24) is 14.9 Å². The van der Waals surface area contributed by atoms with Gasteiger partial charge >= 0.3 is 0 Å². The third kappa shape index (κ3) is 7.54. The zero-order valence-corrected chi connectivity index (χ0v) is 17.0. The summed E-state index contributed by atoms with van der Waals surface area (Å²) in [5, 5.41) is 2.87. The maximum atomic E-state index is 12.4. The van der Waals surface area contributed by atoms with Crippen LogP contribution in [0.25, 0.3) is 0 Å². The van der Waals surface area contributed by atoms with Gasteiger partial charge in [0.15, 0.2) is 0 Å². The van der Waals surface area contributed by atoms with E-state index in [0.29, 0.717) is 12.1 Å². The van der Waals surface area contributed by atoms with E-state index in [0.717, 1.165) is 12.1 Å². The van der Waals surface area contributed by atoms with Gasteiger partial charge in [-0.25, -0.2) is 13.1 Å². The lowest BCUT2D eigenvalue weighted by Crippen LogP contribution is -2.40. The Hall–Kier alpha value is -1.44. The standard InChI is InChI=1S/C18H31N3O3S/c1-14-7-8-15(2)16(11-14)25(23,24)20-10-9-17(22)19-12-18(3,4)13-21(5)6/h7-8,11,20H,9-10,12-13H2,1-6H3,(H,19,22). The maximum absolute atomic E-state index is 12.4. The first-order chi connectivity index (χ1) is 11.4. The quantitative estimate of drug-likeness (QED) is 0.694. The Morgan fingerprint density at radius 2 is 1.84 bits per heavy atom. The van der Waals surface area contributed by atoms with Gasteiger partial charge < -0.3 is 10.2 Å². The number of amides is 1. The second-order valence-electron chi connectivity index (χ2n) is 7.60.